The highest BCUT2D eigenvalue weighted by Crippen LogP contribution is 2.35. The number of rotatable bonds is 4. The molecule has 1 aliphatic rings. The Labute approximate surface area is 102 Å². The zero-order valence-corrected chi connectivity index (χ0v) is 10.4. The first-order valence-electron chi connectivity index (χ1n) is 6.37. The van der Waals surface area contributed by atoms with Gasteiger partial charge in [0.2, 0.25) is 0 Å². The molecule has 2 rings (SSSR count). The van der Waals surface area contributed by atoms with Gasteiger partial charge in [0.05, 0.1) is 6.61 Å². The highest BCUT2D eigenvalue weighted by molar-refractivity contribution is 5.34. The number of hydrogen-bond acceptors (Lipinski definition) is 4. The van der Waals surface area contributed by atoms with Gasteiger partial charge in [-0.3, -0.25) is 0 Å². The fraction of sp³-hybridized carbons (Fsp3) is 0.692. The third-order valence-electron chi connectivity index (χ3n) is 3.70. The molecule has 0 radical (unpaired) electrons. The summed E-state index contributed by atoms with van der Waals surface area (Å²) in [5, 5.41) is 12.9. The van der Waals surface area contributed by atoms with Gasteiger partial charge in [0.1, 0.15) is 12.1 Å². The van der Waals surface area contributed by atoms with Crippen LogP contribution < -0.4 is 5.32 Å². The summed E-state index contributed by atoms with van der Waals surface area (Å²) < 4.78 is 0. The molecule has 0 spiro atoms. The Hall–Kier alpha value is -1.16. The van der Waals surface area contributed by atoms with Crippen molar-refractivity contribution in [2.45, 2.75) is 39.0 Å². The van der Waals surface area contributed by atoms with Crippen LogP contribution in [0.2, 0.25) is 0 Å². The minimum Gasteiger partial charge on any atom is -0.396 e. The predicted octanol–water partition coefficient (Wildman–Crippen LogP) is 2.14. The molecule has 4 heteroatoms. The highest BCUT2D eigenvalue weighted by atomic mass is 16.3. The molecule has 17 heavy (non-hydrogen) atoms. The molecule has 0 amide bonds. The van der Waals surface area contributed by atoms with Crippen molar-refractivity contribution in [3.63, 3.8) is 0 Å². The smallest absolute Gasteiger partial charge is 0.129 e. The van der Waals surface area contributed by atoms with Crippen molar-refractivity contribution in [1.29, 1.82) is 0 Å². The molecule has 4 nitrogen and oxygen atoms in total. The van der Waals surface area contributed by atoms with E-state index in [1.54, 1.807) is 6.33 Å². The van der Waals surface area contributed by atoms with E-state index in [1.807, 2.05) is 13.0 Å². The quantitative estimate of drug-likeness (QED) is 0.839. The maximum atomic E-state index is 9.60. The van der Waals surface area contributed by atoms with Crippen LogP contribution in [0.5, 0.6) is 0 Å². The second-order valence-electron chi connectivity index (χ2n) is 5.12. The second-order valence-corrected chi connectivity index (χ2v) is 5.12. The number of aliphatic hydroxyl groups excluding tert-OH is 1. The van der Waals surface area contributed by atoms with E-state index in [-0.39, 0.29) is 12.0 Å². The number of aryl methyl sites for hydroxylation is 1. The Morgan fingerprint density at radius 2 is 2.06 bits per heavy atom. The van der Waals surface area contributed by atoms with Crippen LogP contribution >= 0.6 is 0 Å². The van der Waals surface area contributed by atoms with Crippen LogP contribution in [0.25, 0.3) is 0 Å². The minimum atomic E-state index is 0.0527. The van der Waals surface area contributed by atoms with Crippen molar-refractivity contribution in [3.05, 3.63) is 18.1 Å². The van der Waals surface area contributed by atoms with Gasteiger partial charge in [-0.1, -0.05) is 19.3 Å². The molecule has 0 saturated heterocycles. The van der Waals surface area contributed by atoms with Gasteiger partial charge < -0.3 is 10.4 Å². The van der Waals surface area contributed by atoms with Crippen molar-refractivity contribution in [3.8, 4) is 0 Å². The zero-order chi connectivity index (χ0) is 12.1. The predicted molar refractivity (Wildman–Crippen MR) is 67.9 cm³/mol. The fourth-order valence-corrected chi connectivity index (χ4v) is 2.52. The lowest BCUT2D eigenvalue weighted by atomic mass is 9.74. The normalized spacial score (nSPS) is 18.9. The van der Waals surface area contributed by atoms with Gasteiger partial charge >= 0.3 is 0 Å². The van der Waals surface area contributed by atoms with E-state index in [0.29, 0.717) is 0 Å². The number of nitrogens with one attached hydrogen (secondary N) is 1. The Bertz CT molecular complexity index is 361. The number of anilines is 1. The van der Waals surface area contributed by atoms with E-state index in [0.717, 1.165) is 30.9 Å². The van der Waals surface area contributed by atoms with Gasteiger partial charge in [0.15, 0.2) is 0 Å². The Kier molecular flexibility index (Phi) is 3.94. The Morgan fingerprint density at radius 3 is 2.71 bits per heavy atom. The molecule has 94 valence electrons. The molecule has 1 heterocycles. The van der Waals surface area contributed by atoms with Gasteiger partial charge in [-0.05, 0) is 19.8 Å². The molecule has 1 aromatic rings. The van der Waals surface area contributed by atoms with Crippen LogP contribution in [0.3, 0.4) is 0 Å². The molecular formula is C13H21N3O. The van der Waals surface area contributed by atoms with Crippen LogP contribution in [0.15, 0.2) is 12.4 Å². The largest absolute Gasteiger partial charge is 0.396 e. The van der Waals surface area contributed by atoms with Crippen LogP contribution in [0.1, 0.15) is 37.8 Å². The van der Waals surface area contributed by atoms with Crippen LogP contribution in [0, 0.1) is 12.3 Å². The number of aliphatic hydroxyl groups is 1. The summed E-state index contributed by atoms with van der Waals surface area (Å²) in [5.41, 5.74) is 1.01. The van der Waals surface area contributed by atoms with Gasteiger partial charge in [0, 0.05) is 23.7 Å². The van der Waals surface area contributed by atoms with Crippen molar-refractivity contribution < 1.29 is 5.11 Å². The summed E-state index contributed by atoms with van der Waals surface area (Å²) in [6.45, 7) is 3.03. The number of aromatic nitrogens is 2. The van der Waals surface area contributed by atoms with Crippen molar-refractivity contribution >= 4 is 5.82 Å². The number of nitrogens with zero attached hydrogens (tertiary/aromatic N) is 2. The average Bonchev–Trinajstić information content (AvgIpc) is 2.38. The summed E-state index contributed by atoms with van der Waals surface area (Å²) in [7, 11) is 0. The third kappa shape index (κ3) is 3.16. The lowest BCUT2D eigenvalue weighted by molar-refractivity contribution is 0.0943. The monoisotopic (exact) mass is 235 g/mol. The fourth-order valence-electron chi connectivity index (χ4n) is 2.52. The van der Waals surface area contributed by atoms with E-state index < -0.39 is 0 Å². The molecule has 0 bridgehead atoms. The topological polar surface area (TPSA) is 58.0 Å². The SMILES string of the molecule is Cc1cc(NCC2(CO)CCCCC2)ncn1. The molecule has 0 aliphatic heterocycles. The minimum absolute atomic E-state index is 0.0527. The molecule has 0 unspecified atom stereocenters. The lowest BCUT2D eigenvalue weighted by Crippen LogP contribution is -2.35. The molecule has 1 aliphatic carbocycles. The van der Waals surface area contributed by atoms with Crippen molar-refractivity contribution in [2.75, 3.05) is 18.5 Å². The van der Waals surface area contributed by atoms with Gasteiger partial charge in [-0.15, -0.1) is 0 Å². The van der Waals surface area contributed by atoms with E-state index in [4.69, 9.17) is 0 Å². The van der Waals surface area contributed by atoms with E-state index in [2.05, 4.69) is 15.3 Å². The Morgan fingerprint density at radius 1 is 1.29 bits per heavy atom. The summed E-state index contributed by atoms with van der Waals surface area (Å²) in [6.07, 6.45) is 7.55. The first-order chi connectivity index (χ1) is 8.24. The summed E-state index contributed by atoms with van der Waals surface area (Å²) in [4.78, 5) is 8.26. The van der Waals surface area contributed by atoms with Crippen LogP contribution in [-0.2, 0) is 0 Å². The first kappa shape index (κ1) is 12.3. The lowest BCUT2D eigenvalue weighted by Gasteiger charge is -2.35. The number of hydrogen-bond donors (Lipinski definition) is 2. The van der Waals surface area contributed by atoms with Gasteiger partial charge in [-0.2, -0.15) is 0 Å². The summed E-state index contributed by atoms with van der Waals surface area (Å²) >= 11 is 0. The molecule has 1 fully saturated rings. The standard InChI is InChI=1S/C13H21N3O/c1-11-7-12(16-10-15-11)14-8-13(9-17)5-3-2-4-6-13/h7,10,17H,2-6,8-9H2,1H3,(H,14,15,16). The van der Waals surface area contributed by atoms with Gasteiger partial charge in [-0.25, -0.2) is 9.97 Å². The average molecular weight is 235 g/mol. The maximum Gasteiger partial charge on any atom is 0.129 e. The second kappa shape index (κ2) is 5.45. The van der Waals surface area contributed by atoms with Crippen molar-refractivity contribution in [2.24, 2.45) is 5.41 Å². The van der Waals surface area contributed by atoms with E-state index >= 15 is 0 Å². The zero-order valence-electron chi connectivity index (χ0n) is 10.4. The van der Waals surface area contributed by atoms with E-state index in [9.17, 15) is 5.11 Å². The molecule has 1 aromatic heterocycles. The Balaban J connectivity index is 1.95. The highest BCUT2D eigenvalue weighted by Gasteiger charge is 2.31. The maximum absolute atomic E-state index is 9.60. The molecular weight excluding hydrogens is 214 g/mol. The third-order valence-corrected chi connectivity index (χ3v) is 3.70. The molecule has 0 aromatic carbocycles. The summed E-state index contributed by atoms with van der Waals surface area (Å²) in [5.74, 6) is 0.857. The van der Waals surface area contributed by atoms with Crippen LogP contribution in [-0.4, -0.2) is 28.2 Å². The van der Waals surface area contributed by atoms with Crippen molar-refractivity contribution in [1.82, 2.24) is 9.97 Å². The summed E-state index contributed by atoms with van der Waals surface area (Å²) in [6, 6.07) is 1.94. The van der Waals surface area contributed by atoms with Gasteiger partial charge in [0.25, 0.3) is 0 Å². The molecule has 1 saturated carbocycles. The molecule has 0 atom stereocenters. The first-order valence-corrected chi connectivity index (χ1v) is 6.37. The van der Waals surface area contributed by atoms with E-state index in [1.165, 1.54) is 19.3 Å². The molecule has 2 N–H and O–H groups in total. The van der Waals surface area contributed by atoms with Crippen LogP contribution in [0.4, 0.5) is 5.82 Å².